The van der Waals surface area contributed by atoms with Crippen molar-refractivity contribution < 1.29 is 19.2 Å². The van der Waals surface area contributed by atoms with Crippen LogP contribution in [0.25, 0.3) is 11.8 Å². The van der Waals surface area contributed by atoms with Gasteiger partial charge in [-0.15, -0.1) is 0 Å². The molecule has 1 aliphatic rings. The fourth-order valence-electron chi connectivity index (χ4n) is 2.82. The maximum absolute atomic E-state index is 12.4. The smallest absolute Gasteiger partial charge is 0.395 e. The van der Waals surface area contributed by atoms with Gasteiger partial charge in [0.1, 0.15) is 11.5 Å². The van der Waals surface area contributed by atoms with Crippen molar-refractivity contribution in [2.45, 2.75) is 0 Å². The molecule has 0 fully saturated rings. The van der Waals surface area contributed by atoms with Crippen LogP contribution in [0.15, 0.2) is 72.8 Å². The minimum absolute atomic E-state index is 0.0995. The van der Waals surface area contributed by atoms with Crippen molar-refractivity contribution in [2.75, 3.05) is 0 Å². The van der Waals surface area contributed by atoms with Gasteiger partial charge in [0.2, 0.25) is 0 Å². The average Bonchev–Trinajstić information content (AvgIpc) is 2.72. The van der Waals surface area contributed by atoms with E-state index in [4.69, 9.17) is 9.47 Å². The molecule has 3 aromatic carbocycles. The summed E-state index contributed by atoms with van der Waals surface area (Å²) in [5, 5.41) is 10.7. The molecule has 29 heavy (non-hydrogen) atoms. The van der Waals surface area contributed by atoms with Crippen molar-refractivity contribution in [3.63, 3.8) is 0 Å². The molecule has 0 aliphatic heterocycles. The van der Waals surface area contributed by atoms with Gasteiger partial charge in [0.25, 0.3) is 5.69 Å². The molecule has 0 spiro atoms. The summed E-state index contributed by atoms with van der Waals surface area (Å²) in [5.74, 6) is 6.67. The molecule has 0 saturated carbocycles. The molecule has 0 radical (unpaired) electrons. The highest BCUT2D eigenvalue weighted by molar-refractivity contribution is 5.87. The summed E-state index contributed by atoms with van der Waals surface area (Å²) < 4.78 is 10.7. The van der Waals surface area contributed by atoms with Gasteiger partial charge in [-0.1, -0.05) is 42.2 Å². The summed E-state index contributed by atoms with van der Waals surface area (Å²) in [4.78, 5) is 22.6. The maximum Gasteiger partial charge on any atom is 0.519 e. The van der Waals surface area contributed by atoms with Crippen LogP contribution >= 0.6 is 0 Å². The summed E-state index contributed by atoms with van der Waals surface area (Å²) >= 11 is 0. The molecular formula is C23H13NO5. The number of nitro groups is 1. The lowest BCUT2D eigenvalue weighted by molar-refractivity contribution is -0.384. The largest absolute Gasteiger partial charge is 0.519 e. The number of nitro benzene ring substituents is 1. The zero-order valence-electron chi connectivity index (χ0n) is 15.0. The van der Waals surface area contributed by atoms with E-state index in [1.54, 1.807) is 6.08 Å². The lowest BCUT2D eigenvalue weighted by atomic mass is 9.99. The second-order valence-electron chi connectivity index (χ2n) is 6.10. The van der Waals surface area contributed by atoms with E-state index in [0.29, 0.717) is 11.3 Å². The van der Waals surface area contributed by atoms with E-state index in [0.717, 1.165) is 16.7 Å². The fourth-order valence-corrected chi connectivity index (χ4v) is 2.82. The van der Waals surface area contributed by atoms with E-state index in [1.807, 2.05) is 48.5 Å². The molecule has 0 unspecified atom stereocenters. The molecule has 0 heterocycles. The van der Waals surface area contributed by atoms with Crippen LogP contribution in [0.5, 0.6) is 5.75 Å². The average molecular weight is 383 g/mol. The topological polar surface area (TPSA) is 78.7 Å². The van der Waals surface area contributed by atoms with Crippen molar-refractivity contribution in [2.24, 2.45) is 0 Å². The minimum atomic E-state index is -0.953. The molecule has 0 atom stereocenters. The second kappa shape index (κ2) is 7.71. The van der Waals surface area contributed by atoms with Crippen molar-refractivity contribution >= 4 is 23.7 Å². The van der Waals surface area contributed by atoms with Gasteiger partial charge in [0.05, 0.1) is 4.92 Å². The molecule has 0 saturated heterocycles. The molecule has 3 aromatic rings. The van der Waals surface area contributed by atoms with E-state index < -0.39 is 11.1 Å². The molecule has 0 N–H and O–H groups in total. The Balaban J connectivity index is 1.63. The van der Waals surface area contributed by atoms with Crippen molar-refractivity contribution in [3.05, 3.63) is 105 Å². The van der Waals surface area contributed by atoms with Gasteiger partial charge in [-0.05, 0) is 42.0 Å². The summed E-state index contributed by atoms with van der Waals surface area (Å²) in [6.45, 7) is 0. The number of carbonyl (C=O) groups excluding carboxylic acids is 1. The Labute approximate surface area is 166 Å². The number of benzene rings is 3. The Bertz CT molecular complexity index is 1200. The number of ether oxygens (including phenoxy) is 2. The van der Waals surface area contributed by atoms with Crippen LogP contribution in [0.1, 0.15) is 22.3 Å². The number of nitrogens with zero attached hydrogens (tertiary/aromatic N) is 1. The number of fused-ring (bicyclic) bond motifs is 2. The molecule has 0 aromatic heterocycles. The van der Waals surface area contributed by atoms with Gasteiger partial charge in [-0.3, -0.25) is 10.1 Å². The van der Waals surface area contributed by atoms with Crippen LogP contribution in [0.2, 0.25) is 0 Å². The van der Waals surface area contributed by atoms with Crippen molar-refractivity contribution in [1.29, 1.82) is 0 Å². The van der Waals surface area contributed by atoms with Crippen LogP contribution in [-0.2, 0) is 4.74 Å². The number of rotatable bonds is 3. The predicted molar refractivity (Wildman–Crippen MR) is 107 cm³/mol. The highest BCUT2D eigenvalue weighted by Crippen LogP contribution is 2.27. The Morgan fingerprint density at radius 1 is 0.828 bits per heavy atom. The molecule has 6 nitrogen and oxygen atoms in total. The monoisotopic (exact) mass is 383 g/mol. The van der Waals surface area contributed by atoms with E-state index in [-0.39, 0.29) is 11.4 Å². The van der Waals surface area contributed by atoms with Gasteiger partial charge >= 0.3 is 6.16 Å². The quantitative estimate of drug-likeness (QED) is 0.209. The Morgan fingerprint density at radius 3 is 2.24 bits per heavy atom. The first-order valence-electron chi connectivity index (χ1n) is 8.66. The van der Waals surface area contributed by atoms with Gasteiger partial charge in [0, 0.05) is 28.8 Å². The summed E-state index contributed by atoms with van der Waals surface area (Å²) in [5.41, 5.74) is 2.91. The van der Waals surface area contributed by atoms with Crippen molar-refractivity contribution in [3.8, 4) is 17.6 Å². The molecule has 4 rings (SSSR count). The van der Waals surface area contributed by atoms with Gasteiger partial charge < -0.3 is 9.47 Å². The molecule has 6 heteroatoms. The molecule has 0 amide bonds. The lowest BCUT2D eigenvalue weighted by Gasteiger charge is -2.13. The van der Waals surface area contributed by atoms with Gasteiger partial charge in [0.15, 0.2) is 0 Å². The zero-order chi connectivity index (χ0) is 20.2. The van der Waals surface area contributed by atoms with E-state index in [9.17, 15) is 14.9 Å². The minimum Gasteiger partial charge on any atom is -0.395 e. The normalized spacial score (nSPS) is 13.2. The molecule has 0 bridgehead atoms. The summed E-state index contributed by atoms with van der Waals surface area (Å²) in [6.07, 6.45) is 0.782. The number of carbonyl (C=O) groups is 1. The van der Waals surface area contributed by atoms with Gasteiger partial charge in [-0.25, -0.2) is 4.79 Å². The molecule has 140 valence electrons. The lowest BCUT2D eigenvalue weighted by Crippen LogP contribution is -2.11. The third-order valence-electron chi connectivity index (χ3n) is 4.21. The standard InChI is InChI=1S/C23H13NO5/c25-23(28-20-13-11-19(12-14-20)24(26)27)29-22-15-18-7-2-1-5-16(18)9-10-17-6-3-4-8-21(17)22/h1-8,11-15H/b18-15?,22-15+,22-21?. The summed E-state index contributed by atoms with van der Waals surface area (Å²) in [7, 11) is 0. The number of hydrogen-bond acceptors (Lipinski definition) is 5. The molecular weight excluding hydrogens is 370 g/mol. The second-order valence-corrected chi connectivity index (χ2v) is 6.10. The SMILES string of the molecule is O=C(O/C1=C/c2ccccc2C#Cc2ccccc21)Oc1ccc([N+](=O)[O-])cc1. The maximum atomic E-state index is 12.4. The Morgan fingerprint density at radius 2 is 1.48 bits per heavy atom. The van der Waals surface area contributed by atoms with E-state index >= 15 is 0 Å². The van der Waals surface area contributed by atoms with Crippen LogP contribution in [-0.4, -0.2) is 11.1 Å². The number of hydrogen-bond donors (Lipinski definition) is 0. The summed E-state index contributed by atoms with van der Waals surface area (Å²) in [6, 6.07) is 20.0. The van der Waals surface area contributed by atoms with Crippen LogP contribution in [0.3, 0.4) is 0 Å². The number of non-ortho nitro benzene ring substituents is 1. The van der Waals surface area contributed by atoms with Crippen LogP contribution in [0, 0.1) is 22.0 Å². The first-order valence-corrected chi connectivity index (χ1v) is 8.66. The highest BCUT2D eigenvalue weighted by Gasteiger charge is 2.17. The predicted octanol–water partition coefficient (Wildman–Crippen LogP) is 5.02. The first kappa shape index (κ1) is 18.0. The van der Waals surface area contributed by atoms with Crippen LogP contribution < -0.4 is 4.74 Å². The van der Waals surface area contributed by atoms with E-state index in [2.05, 4.69) is 11.8 Å². The van der Waals surface area contributed by atoms with Crippen LogP contribution in [0.4, 0.5) is 10.5 Å². The Kier molecular flexibility index (Phi) is 4.79. The Hall–Kier alpha value is -4.37. The highest BCUT2D eigenvalue weighted by atomic mass is 16.7. The fraction of sp³-hybridized carbons (Fsp3) is 0. The third-order valence-corrected chi connectivity index (χ3v) is 4.21. The zero-order valence-corrected chi connectivity index (χ0v) is 15.0. The van der Waals surface area contributed by atoms with E-state index in [1.165, 1.54) is 24.3 Å². The molecule has 1 aliphatic carbocycles. The first-order chi connectivity index (χ1) is 14.1. The van der Waals surface area contributed by atoms with Crippen molar-refractivity contribution in [1.82, 2.24) is 0 Å². The van der Waals surface area contributed by atoms with Gasteiger partial charge in [-0.2, -0.15) is 0 Å². The third kappa shape index (κ3) is 3.99.